The van der Waals surface area contributed by atoms with Crippen LogP contribution in [0, 0.1) is 28.6 Å². The molecular formula is C9H7ClN4S. The van der Waals surface area contributed by atoms with Gasteiger partial charge in [0.05, 0.1) is 12.1 Å². The summed E-state index contributed by atoms with van der Waals surface area (Å²) in [5, 5.41) is 18.1. The average molecular weight is 239 g/mol. The molecule has 0 fully saturated rings. The minimum absolute atomic E-state index is 0.355. The summed E-state index contributed by atoms with van der Waals surface area (Å²) in [6, 6.07) is 3.82. The standard InChI is InChI=1S/C9H7ClN4S/c10-8-9(14-3-2-13-8)15-4-1-7(5-11)6-12/h2-3,7H,1,4H2. The minimum Gasteiger partial charge on any atom is -0.245 e. The molecule has 0 atom stereocenters. The Hall–Kier alpha value is -1.30. The highest BCUT2D eigenvalue weighted by Crippen LogP contribution is 2.23. The van der Waals surface area contributed by atoms with Crippen molar-refractivity contribution in [3.05, 3.63) is 17.5 Å². The van der Waals surface area contributed by atoms with Gasteiger partial charge in [-0.3, -0.25) is 0 Å². The van der Waals surface area contributed by atoms with Crippen molar-refractivity contribution in [2.75, 3.05) is 5.75 Å². The molecule has 0 aliphatic rings. The average Bonchev–Trinajstić information content (AvgIpc) is 2.27. The molecule has 0 unspecified atom stereocenters. The Morgan fingerprint density at radius 2 is 2.00 bits per heavy atom. The molecule has 0 bridgehead atoms. The number of nitriles is 2. The fraction of sp³-hybridized carbons (Fsp3) is 0.333. The number of nitrogens with zero attached hydrogens (tertiary/aromatic N) is 4. The quantitative estimate of drug-likeness (QED) is 0.753. The van der Waals surface area contributed by atoms with Gasteiger partial charge in [0.1, 0.15) is 10.9 Å². The molecule has 6 heteroatoms. The van der Waals surface area contributed by atoms with Gasteiger partial charge in [-0.1, -0.05) is 11.6 Å². The Morgan fingerprint density at radius 3 is 2.60 bits per heavy atom. The molecule has 0 saturated carbocycles. The van der Waals surface area contributed by atoms with Crippen LogP contribution in [-0.4, -0.2) is 15.7 Å². The van der Waals surface area contributed by atoms with Crippen molar-refractivity contribution in [1.29, 1.82) is 10.5 Å². The molecule has 0 spiro atoms. The van der Waals surface area contributed by atoms with Crippen LogP contribution in [0.5, 0.6) is 0 Å². The maximum atomic E-state index is 8.54. The van der Waals surface area contributed by atoms with E-state index in [2.05, 4.69) is 9.97 Å². The maximum absolute atomic E-state index is 8.54. The first-order valence-electron chi connectivity index (χ1n) is 4.16. The van der Waals surface area contributed by atoms with Crippen molar-refractivity contribution in [3.63, 3.8) is 0 Å². The Morgan fingerprint density at radius 1 is 1.33 bits per heavy atom. The van der Waals surface area contributed by atoms with Crippen molar-refractivity contribution in [1.82, 2.24) is 9.97 Å². The van der Waals surface area contributed by atoms with Crippen molar-refractivity contribution in [2.45, 2.75) is 11.4 Å². The molecule has 1 rings (SSSR count). The van der Waals surface area contributed by atoms with E-state index in [1.165, 1.54) is 18.0 Å². The van der Waals surface area contributed by atoms with Gasteiger partial charge in [-0.05, 0) is 6.42 Å². The van der Waals surface area contributed by atoms with Gasteiger partial charge in [-0.2, -0.15) is 10.5 Å². The van der Waals surface area contributed by atoms with E-state index in [4.69, 9.17) is 22.1 Å². The second kappa shape index (κ2) is 6.23. The Bertz CT molecular complexity index is 395. The third kappa shape index (κ3) is 3.75. The van der Waals surface area contributed by atoms with Crippen LogP contribution in [-0.2, 0) is 0 Å². The Balaban J connectivity index is 2.43. The molecule has 0 aliphatic heterocycles. The number of aromatic nitrogens is 2. The van der Waals surface area contributed by atoms with Gasteiger partial charge in [-0.25, -0.2) is 9.97 Å². The molecule has 1 aromatic rings. The maximum Gasteiger partial charge on any atom is 0.161 e. The predicted octanol–water partition coefficient (Wildman–Crippen LogP) is 2.28. The number of rotatable bonds is 4. The minimum atomic E-state index is -0.562. The van der Waals surface area contributed by atoms with Gasteiger partial charge in [0.2, 0.25) is 0 Å². The summed E-state index contributed by atoms with van der Waals surface area (Å²) < 4.78 is 0. The van der Waals surface area contributed by atoms with Crippen molar-refractivity contribution < 1.29 is 0 Å². The molecule has 0 aliphatic carbocycles. The SMILES string of the molecule is N#CC(C#N)CCSc1nccnc1Cl. The molecule has 76 valence electrons. The zero-order chi connectivity index (χ0) is 11.1. The van der Waals surface area contributed by atoms with Crippen molar-refractivity contribution in [3.8, 4) is 12.1 Å². The second-order valence-electron chi connectivity index (χ2n) is 2.60. The highest BCUT2D eigenvalue weighted by molar-refractivity contribution is 7.99. The molecule has 1 aromatic heterocycles. The summed E-state index contributed by atoms with van der Waals surface area (Å²) in [7, 11) is 0. The van der Waals surface area contributed by atoms with E-state index >= 15 is 0 Å². The van der Waals surface area contributed by atoms with Gasteiger partial charge < -0.3 is 0 Å². The first-order chi connectivity index (χ1) is 7.27. The third-order valence-corrected chi connectivity index (χ3v) is 2.98. The molecular weight excluding hydrogens is 232 g/mol. The van der Waals surface area contributed by atoms with E-state index in [1.807, 2.05) is 12.1 Å². The zero-order valence-corrected chi connectivity index (χ0v) is 9.29. The van der Waals surface area contributed by atoms with Crippen LogP contribution in [0.1, 0.15) is 6.42 Å². The highest BCUT2D eigenvalue weighted by atomic mass is 35.5. The number of hydrogen-bond acceptors (Lipinski definition) is 5. The largest absolute Gasteiger partial charge is 0.245 e. The third-order valence-electron chi connectivity index (χ3n) is 1.58. The fourth-order valence-electron chi connectivity index (χ4n) is 0.837. The van der Waals surface area contributed by atoms with E-state index < -0.39 is 5.92 Å². The topological polar surface area (TPSA) is 73.4 Å². The van der Waals surface area contributed by atoms with Crippen LogP contribution in [0.25, 0.3) is 0 Å². The first kappa shape index (κ1) is 11.8. The number of hydrogen-bond donors (Lipinski definition) is 0. The summed E-state index contributed by atoms with van der Waals surface area (Å²) >= 11 is 7.18. The number of thioether (sulfide) groups is 1. The van der Waals surface area contributed by atoms with Gasteiger partial charge >= 0.3 is 0 Å². The summed E-state index contributed by atoms with van der Waals surface area (Å²) in [5.74, 6) is 0.0671. The van der Waals surface area contributed by atoms with E-state index in [0.717, 1.165) is 0 Å². The monoisotopic (exact) mass is 238 g/mol. The second-order valence-corrected chi connectivity index (χ2v) is 4.04. The normalized spacial score (nSPS) is 9.60. The lowest BCUT2D eigenvalue weighted by molar-refractivity contribution is 0.810. The van der Waals surface area contributed by atoms with Gasteiger partial charge in [0, 0.05) is 18.1 Å². The number of halogens is 1. The lowest BCUT2D eigenvalue weighted by Gasteiger charge is -2.01. The molecule has 0 saturated heterocycles. The van der Waals surface area contributed by atoms with Crippen molar-refractivity contribution in [2.24, 2.45) is 5.92 Å². The lowest BCUT2D eigenvalue weighted by atomic mass is 10.1. The smallest absolute Gasteiger partial charge is 0.161 e. The van der Waals surface area contributed by atoms with Crippen LogP contribution in [0.2, 0.25) is 5.15 Å². The first-order valence-corrected chi connectivity index (χ1v) is 5.53. The van der Waals surface area contributed by atoms with Crippen molar-refractivity contribution >= 4 is 23.4 Å². The predicted molar refractivity (Wildman–Crippen MR) is 57.1 cm³/mol. The molecule has 4 nitrogen and oxygen atoms in total. The molecule has 1 heterocycles. The Kier molecular flexibility index (Phi) is 4.89. The molecule has 0 amide bonds. The van der Waals surface area contributed by atoms with Crippen LogP contribution >= 0.6 is 23.4 Å². The molecule has 15 heavy (non-hydrogen) atoms. The summed E-state index contributed by atoms with van der Waals surface area (Å²) in [4.78, 5) is 7.90. The van der Waals surface area contributed by atoms with E-state index in [9.17, 15) is 0 Å². The molecule has 0 N–H and O–H groups in total. The summed E-state index contributed by atoms with van der Waals surface area (Å²) in [6.07, 6.45) is 3.57. The van der Waals surface area contributed by atoms with E-state index in [0.29, 0.717) is 22.4 Å². The van der Waals surface area contributed by atoms with Crippen LogP contribution < -0.4 is 0 Å². The van der Waals surface area contributed by atoms with Crippen LogP contribution in [0.15, 0.2) is 17.4 Å². The Labute approximate surface area is 96.9 Å². The van der Waals surface area contributed by atoms with Gasteiger partial charge in [0.15, 0.2) is 5.15 Å². The van der Waals surface area contributed by atoms with Crippen LogP contribution in [0.4, 0.5) is 0 Å². The van der Waals surface area contributed by atoms with E-state index in [-0.39, 0.29) is 0 Å². The molecule has 0 aromatic carbocycles. The lowest BCUT2D eigenvalue weighted by Crippen LogP contribution is -1.95. The van der Waals surface area contributed by atoms with Gasteiger partial charge in [0.25, 0.3) is 0 Å². The fourth-order valence-corrected chi connectivity index (χ4v) is 1.96. The zero-order valence-electron chi connectivity index (χ0n) is 7.72. The summed E-state index contributed by atoms with van der Waals surface area (Å²) in [5.41, 5.74) is 0. The van der Waals surface area contributed by atoms with E-state index in [1.54, 1.807) is 6.20 Å². The molecule has 0 radical (unpaired) electrons. The highest BCUT2D eigenvalue weighted by Gasteiger charge is 2.07. The van der Waals surface area contributed by atoms with Crippen LogP contribution in [0.3, 0.4) is 0 Å². The van der Waals surface area contributed by atoms with Gasteiger partial charge in [-0.15, -0.1) is 11.8 Å². The summed E-state index contributed by atoms with van der Waals surface area (Å²) in [6.45, 7) is 0.